The molecule has 3 unspecified atom stereocenters. The summed E-state index contributed by atoms with van der Waals surface area (Å²) in [4.78, 5) is 36.0. The molecule has 2 saturated heterocycles. The van der Waals surface area contributed by atoms with E-state index in [0.29, 0.717) is 0 Å². The normalized spacial score (nSPS) is 31.9. The fraction of sp³-hybridized carbons (Fsp3) is 0.500. The molecule has 0 aromatic carbocycles. The van der Waals surface area contributed by atoms with Crippen molar-refractivity contribution in [1.82, 2.24) is 0 Å². The maximum absolute atomic E-state index is 12.1. The topological polar surface area (TPSA) is 107 Å². The minimum atomic E-state index is -2.21. The zero-order valence-electron chi connectivity index (χ0n) is 15.1. The second kappa shape index (κ2) is 8.03. The lowest BCUT2D eigenvalue weighted by Crippen LogP contribution is -2.75. The van der Waals surface area contributed by atoms with Crippen LogP contribution in [0.15, 0.2) is 38.0 Å². The van der Waals surface area contributed by atoms with Crippen LogP contribution in [0.4, 0.5) is 0 Å². The Bertz CT molecular complexity index is 651. The summed E-state index contributed by atoms with van der Waals surface area (Å²) in [7, 11) is 0. The molecule has 9 nitrogen and oxygen atoms in total. The van der Waals surface area contributed by atoms with Gasteiger partial charge in [-0.3, -0.25) is 0 Å². The van der Waals surface area contributed by atoms with Gasteiger partial charge in [-0.1, -0.05) is 19.7 Å². The van der Waals surface area contributed by atoms with Crippen LogP contribution in [-0.2, 0) is 42.8 Å². The molecule has 2 aliphatic rings. The number of esters is 3. The van der Waals surface area contributed by atoms with Crippen molar-refractivity contribution in [2.75, 3.05) is 19.8 Å². The van der Waals surface area contributed by atoms with Crippen molar-refractivity contribution < 1.29 is 42.8 Å². The van der Waals surface area contributed by atoms with Gasteiger partial charge in [0.2, 0.25) is 0 Å². The summed E-state index contributed by atoms with van der Waals surface area (Å²) in [5.74, 6) is -8.66. The monoisotopic (exact) mass is 382 g/mol. The average molecular weight is 382 g/mol. The second-order valence-electron chi connectivity index (χ2n) is 5.63. The Kier molecular flexibility index (Phi) is 6.19. The summed E-state index contributed by atoms with van der Waals surface area (Å²) in [6, 6.07) is 0. The number of hydrogen-bond donors (Lipinski definition) is 0. The van der Waals surface area contributed by atoms with Crippen LogP contribution >= 0.6 is 0 Å². The lowest BCUT2D eigenvalue weighted by atomic mass is 9.89. The first-order valence-electron chi connectivity index (χ1n) is 8.32. The van der Waals surface area contributed by atoms with Gasteiger partial charge in [-0.05, 0) is 6.92 Å². The van der Waals surface area contributed by atoms with Crippen molar-refractivity contribution in [3.8, 4) is 0 Å². The highest BCUT2D eigenvalue weighted by atomic mass is 16.9. The molecule has 0 N–H and O–H groups in total. The smallest absolute Gasteiger partial charge is 0.346 e. The van der Waals surface area contributed by atoms with Gasteiger partial charge in [0.05, 0.1) is 13.2 Å². The van der Waals surface area contributed by atoms with E-state index in [4.69, 9.17) is 28.4 Å². The Balaban J connectivity index is 2.61. The van der Waals surface area contributed by atoms with E-state index in [0.717, 1.165) is 18.2 Å². The minimum Gasteiger partial charge on any atom is -0.422 e. The number of carbonyl (C=O) groups excluding carboxylic acids is 3. The van der Waals surface area contributed by atoms with Gasteiger partial charge in [0.15, 0.2) is 0 Å². The third kappa shape index (κ3) is 3.41. The first-order valence-corrected chi connectivity index (χ1v) is 8.32. The molecule has 2 fully saturated rings. The molecule has 27 heavy (non-hydrogen) atoms. The summed E-state index contributed by atoms with van der Waals surface area (Å²) in [5, 5.41) is 0. The van der Waals surface area contributed by atoms with E-state index in [-0.39, 0.29) is 32.7 Å². The maximum atomic E-state index is 12.1. The molecule has 0 amide bonds. The minimum absolute atomic E-state index is 0.0123. The molecule has 0 bridgehead atoms. The van der Waals surface area contributed by atoms with Gasteiger partial charge < -0.3 is 28.4 Å². The van der Waals surface area contributed by atoms with Gasteiger partial charge in [-0.25, -0.2) is 14.4 Å². The van der Waals surface area contributed by atoms with E-state index in [9.17, 15) is 14.4 Å². The molecular weight excluding hydrogens is 360 g/mol. The molecule has 148 valence electrons. The van der Waals surface area contributed by atoms with Crippen LogP contribution in [0.2, 0.25) is 0 Å². The molecule has 0 saturated carbocycles. The van der Waals surface area contributed by atoms with Crippen LogP contribution in [-0.4, -0.2) is 55.1 Å². The molecule has 2 aliphatic heterocycles. The molecule has 2 rings (SSSR count). The highest BCUT2D eigenvalue weighted by Crippen LogP contribution is 2.54. The van der Waals surface area contributed by atoms with Crippen molar-refractivity contribution >= 4 is 17.9 Å². The van der Waals surface area contributed by atoms with E-state index in [1.807, 2.05) is 0 Å². The molecule has 3 atom stereocenters. The SMILES string of the molecule is C=CC(=O)OC1(OCC)CCOC1(OC(=O)C=C)C1(OC(=O)C=C)CCO1. The predicted molar refractivity (Wildman–Crippen MR) is 89.8 cm³/mol. The van der Waals surface area contributed by atoms with Crippen molar-refractivity contribution in [3.05, 3.63) is 38.0 Å². The summed E-state index contributed by atoms with van der Waals surface area (Å²) < 4.78 is 33.2. The van der Waals surface area contributed by atoms with Crippen LogP contribution in [0.5, 0.6) is 0 Å². The van der Waals surface area contributed by atoms with Crippen LogP contribution in [0.25, 0.3) is 0 Å². The van der Waals surface area contributed by atoms with Gasteiger partial charge in [0.1, 0.15) is 0 Å². The molecule has 2 heterocycles. The van der Waals surface area contributed by atoms with Gasteiger partial charge in [0, 0.05) is 37.7 Å². The summed E-state index contributed by atoms with van der Waals surface area (Å²) >= 11 is 0. The van der Waals surface area contributed by atoms with Gasteiger partial charge in [-0.2, -0.15) is 0 Å². The number of hydrogen-bond acceptors (Lipinski definition) is 9. The number of rotatable bonds is 9. The van der Waals surface area contributed by atoms with E-state index in [1.165, 1.54) is 0 Å². The zero-order valence-corrected chi connectivity index (χ0v) is 15.1. The van der Waals surface area contributed by atoms with E-state index in [1.54, 1.807) is 6.92 Å². The first kappa shape index (κ1) is 20.8. The third-order valence-electron chi connectivity index (χ3n) is 4.16. The predicted octanol–water partition coefficient (Wildman–Crippen LogP) is 1.14. The van der Waals surface area contributed by atoms with Crippen molar-refractivity contribution in [3.63, 3.8) is 0 Å². The van der Waals surface area contributed by atoms with Gasteiger partial charge in [-0.15, -0.1) is 0 Å². The second-order valence-corrected chi connectivity index (χ2v) is 5.63. The Morgan fingerprint density at radius 1 is 0.889 bits per heavy atom. The fourth-order valence-electron chi connectivity index (χ4n) is 3.02. The van der Waals surface area contributed by atoms with Crippen LogP contribution < -0.4 is 0 Å². The molecule has 0 radical (unpaired) electrons. The molecule has 9 heteroatoms. The van der Waals surface area contributed by atoms with Gasteiger partial charge in [0.25, 0.3) is 11.6 Å². The molecular formula is C18H22O9. The van der Waals surface area contributed by atoms with Crippen LogP contribution in [0.3, 0.4) is 0 Å². The van der Waals surface area contributed by atoms with E-state index in [2.05, 4.69) is 19.7 Å². The molecule has 0 aliphatic carbocycles. The molecule has 0 spiro atoms. The quantitative estimate of drug-likeness (QED) is 0.251. The standard InChI is InChI=1S/C18H22O9/c1-5-13(19)25-16(22-8-4)10-12-24-18(16,27-15(21)7-3)17(9-11-23-17)26-14(20)6-2/h5-7H,1-3,8-12H2,4H3. The highest BCUT2D eigenvalue weighted by Gasteiger charge is 2.79. The third-order valence-corrected chi connectivity index (χ3v) is 4.16. The summed E-state index contributed by atoms with van der Waals surface area (Å²) in [5.41, 5.74) is 0. The van der Waals surface area contributed by atoms with E-state index >= 15 is 0 Å². The van der Waals surface area contributed by atoms with Crippen molar-refractivity contribution in [2.45, 2.75) is 37.1 Å². The average Bonchev–Trinajstić information content (AvgIpc) is 2.96. The molecule has 0 aromatic heterocycles. The number of ether oxygens (including phenoxy) is 6. The Labute approximate surface area is 156 Å². The zero-order chi connectivity index (χ0) is 20.1. The number of carbonyl (C=O) groups is 3. The lowest BCUT2D eigenvalue weighted by molar-refractivity contribution is -0.472. The van der Waals surface area contributed by atoms with Crippen molar-refractivity contribution in [1.29, 1.82) is 0 Å². The highest BCUT2D eigenvalue weighted by molar-refractivity contribution is 5.83. The Morgan fingerprint density at radius 2 is 1.41 bits per heavy atom. The van der Waals surface area contributed by atoms with Gasteiger partial charge >= 0.3 is 23.7 Å². The van der Waals surface area contributed by atoms with Crippen LogP contribution in [0, 0.1) is 0 Å². The summed E-state index contributed by atoms with van der Waals surface area (Å²) in [6.45, 7) is 11.9. The lowest BCUT2D eigenvalue weighted by Gasteiger charge is -2.53. The van der Waals surface area contributed by atoms with Crippen molar-refractivity contribution in [2.24, 2.45) is 0 Å². The first-order chi connectivity index (χ1) is 12.8. The molecule has 0 aromatic rings. The van der Waals surface area contributed by atoms with E-state index < -0.39 is 35.3 Å². The Hall–Kier alpha value is -2.49. The largest absolute Gasteiger partial charge is 0.422 e. The summed E-state index contributed by atoms with van der Waals surface area (Å²) in [6.07, 6.45) is 2.80. The fourth-order valence-corrected chi connectivity index (χ4v) is 3.02. The van der Waals surface area contributed by atoms with Crippen LogP contribution in [0.1, 0.15) is 19.8 Å². The maximum Gasteiger partial charge on any atom is 0.346 e. The Morgan fingerprint density at radius 3 is 1.89 bits per heavy atom.